The highest BCUT2D eigenvalue weighted by molar-refractivity contribution is 7.88. The summed E-state index contributed by atoms with van der Waals surface area (Å²) in [5.41, 5.74) is 1.43. The molecule has 0 saturated heterocycles. The highest BCUT2D eigenvalue weighted by Gasteiger charge is 2.31. The number of nitrogens with one attached hydrogen (secondary N) is 1. The van der Waals surface area contributed by atoms with Gasteiger partial charge in [-0.15, -0.1) is 0 Å². The standard InChI is InChI=1S/C18H20N2O4S/c1-20-15-9-5-6-10-16(15)24-17(18(20)21)11-12-19-25(22,23)13-14-7-3-2-4-8-14/h2-10,17,19H,11-13H2,1H3. The van der Waals surface area contributed by atoms with E-state index in [0.717, 1.165) is 0 Å². The molecule has 1 aliphatic heterocycles. The molecule has 3 rings (SSSR count). The molecule has 7 heteroatoms. The highest BCUT2D eigenvalue weighted by atomic mass is 32.2. The third-order valence-electron chi connectivity index (χ3n) is 4.03. The molecule has 1 N–H and O–H groups in total. The fourth-order valence-electron chi connectivity index (χ4n) is 2.74. The van der Waals surface area contributed by atoms with Crippen molar-refractivity contribution in [3.05, 3.63) is 60.2 Å². The van der Waals surface area contributed by atoms with Crippen molar-refractivity contribution < 1.29 is 17.9 Å². The summed E-state index contributed by atoms with van der Waals surface area (Å²) in [7, 11) is -1.77. The molecule has 0 aromatic heterocycles. The minimum atomic E-state index is -3.46. The second-order valence-electron chi connectivity index (χ2n) is 5.90. The monoisotopic (exact) mass is 360 g/mol. The minimum Gasteiger partial charge on any atom is -0.478 e. The summed E-state index contributed by atoms with van der Waals surface area (Å²) in [6.45, 7) is 0.140. The number of para-hydroxylation sites is 2. The number of anilines is 1. The molecule has 0 fully saturated rings. The quantitative estimate of drug-likeness (QED) is 0.854. The maximum absolute atomic E-state index is 12.4. The van der Waals surface area contributed by atoms with Crippen LogP contribution in [0.2, 0.25) is 0 Å². The summed E-state index contributed by atoms with van der Waals surface area (Å²) in [4.78, 5) is 13.9. The Balaban J connectivity index is 1.58. The molecule has 0 bridgehead atoms. The lowest BCUT2D eigenvalue weighted by Crippen LogP contribution is -2.45. The van der Waals surface area contributed by atoms with E-state index in [4.69, 9.17) is 4.74 Å². The van der Waals surface area contributed by atoms with Gasteiger partial charge in [-0.2, -0.15) is 0 Å². The Hall–Kier alpha value is -2.38. The van der Waals surface area contributed by atoms with Gasteiger partial charge >= 0.3 is 0 Å². The maximum atomic E-state index is 12.4. The lowest BCUT2D eigenvalue weighted by atomic mass is 10.1. The number of fused-ring (bicyclic) bond motifs is 1. The van der Waals surface area contributed by atoms with Crippen LogP contribution >= 0.6 is 0 Å². The molecule has 6 nitrogen and oxygen atoms in total. The molecule has 0 spiro atoms. The SMILES string of the molecule is CN1C(=O)C(CCNS(=O)(=O)Cc2ccccc2)Oc2ccccc21. The number of amides is 1. The number of rotatable bonds is 6. The summed E-state index contributed by atoms with van der Waals surface area (Å²) in [6.07, 6.45) is -0.426. The Morgan fingerprint density at radius 3 is 2.52 bits per heavy atom. The van der Waals surface area contributed by atoms with Gasteiger partial charge in [0.2, 0.25) is 10.0 Å². The Kier molecular flexibility index (Phi) is 5.06. The topological polar surface area (TPSA) is 75.7 Å². The number of carbonyl (C=O) groups is 1. The van der Waals surface area contributed by atoms with Gasteiger partial charge < -0.3 is 9.64 Å². The van der Waals surface area contributed by atoms with E-state index in [0.29, 0.717) is 17.0 Å². The number of carbonyl (C=O) groups excluding carboxylic acids is 1. The molecule has 1 amide bonds. The smallest absolute Gasteiger partial charge is 0.267 e. The molecule has 2 aromatic carbocycles. The van der Waals surface area contributed by atoms with Crippen LogP contribution in [0.4, 0.5) is 5.69 Å². The predicted octanol–water partition coefficient (Wildman–Crippen LogP) is 1.92. The molecular formula is C18H20N2O4S. The lowest BCUT2D eigenvalue weighted by molar-refractivity contribution is -0.126. The van der Waals surface area contributed by atoms with Gasteiger partial charge in [0.15, 0.2) is 6.10 Å². The lowest BCUT2D eigenvalue weighted by Gasteiger charge is -2.31. The van der Waals surface area contributed by atoms with E-state index in [1.807, 2.05) is 24.3 Å². The van der Waals surface area contributed by atoms with Crippen molar-refractivity contribution >= 4 is 21.6 Å². The number of sulfonamides is 1. The maximum Gasteiger partial charge on any atom is 0.267 e. The Bertz CT molecular complexity index is 852. The third kappa shape index (κ3) is 4.18. The first kappa shape index (κ1) is 17.4. The average Bonchev–Trinajstić information content (AvgIpc) is 2.59. The minimum absolute atomic E-state index is 0.0873. The first-order chi connectivity index (χ1) is 12.0. The Morgan fingerprint density at radius 1 is 1.08 bits per heavy atom. The van der Waals surface area contributed by atoms with Crippen LogP contribution < -0.4 is 14.4 Å². The van der Waals surface area contributed by atoms with Crippen LogP contribution in [-0.4, -0.2) is 34.0 Å². The highest BCUT2D eigenvalue weighted by Crippen LogP contribution is 2.33. The molecule has 1 unspecified atom stereocenters. The molecule has 132 valence electrons. The molecular weight excluding hydrogens is 340 g/mol. The first-order valence-electron chi connectivity index (χ1n) is 8.01. The fourth-order valence-corrected chi connectivity index (χ4v) is 3.91. The molecule has 1 heterocycles. The zero-order valence-electron chi connectivity index (χ0n) is 13.9. The zero-order valence-corrected chi connectivity index (χ0v) is 14.7. The molecule has 1 atom stereocenters. The summed E-state index contributed by atoms with van der Waals surface area (Å²) in [5, 5.41) is 0. The van der Waals surface area contributed by atoms with Crippen molar-refractivity contribution in [2.45, 2.75) is 18.3 Å². The van der Waals surface area contributed by atoms with Gasteiger partial charge in [-0.05, 0) is 17.7 Å². The van der Waals surface area contributed by atoms with Crippen LogP contribution in [0.15, 0.2) is 54.6 Å². The van der Waals surface area contributed by atoms with Crippen molar-refractivity contribution in [1.29, 1.82) is 0 Å². The van der Waals surface area contributed by atoms with E-state index in [2.05, 4.69) is 4.72 Å². The van der Waals surface area contributed by atoms with Crippen LogP contribution in [0.5, 0.6) is 5.75 Å². The van der Waals surface area contributed by atoms with E-state index < -0.39 is 16.1 Å². The van der Waals surface area contributed by atoms with Gasteiger partial charge in [-0.1, -0.05) is 42.5 Å². The molecule has 0 aliphatic carbocycles. The van der Waals surface area contributed by atoms with Gasteiger partial charge in [0, 0.05) is 20.0 Å². The van der Waals surface area contributed by atoms with Gasteiger partial charge in [0.05, 0.1) is 11.4 Å². The summed E-state index contributed by atoms with van der Waals surface area (Å²) in [6, 6.07) is 16.2. The normalized spacial score (nSPS) is 17.1. The largest absolute Gasteiger partial charge is 0.478 e. The van der Waals surface area contributed by atoms with Crippen molar-refractivity contribution in [3.8, 4) is 5.75 Å². The molecule has 2 aromatic rings. The van der Waals surface area contributed by atoms with Gasteiger partial charge in [-0.25, -0.2) is 13.1 Å². The van der Waals surface area contributed by atoms with Gasteiger partial charge in [0.25, 0.3) is 5.91 Å². The van der Waals surface area contributed by atoms with Crippen LogP contribution in [-0.2, 0) is 20.6 Å². The zero-order chi connectivity index (χ0) is 17.9. The number of benzene rings is 2. The van der Waals surface area contributed by atoms with Crippen molar-refractivity contribution in [2.75, 3.05) is 18.5 Å². The fraction of sp³-hybridized carbons (Fsp3) is 0.278. The molecule has 0 radical (unpaired) electrons. The van der Waals surface area contributed by atoms with Crippen LogP contribution in [0, 0.1) is 0 Å². The van der Waals surface area contributed by atoms with E-state index >= 15 is 0 Å². The Labute approximate surface area is 147 Å². The van der Waals surface area contributed by atoms with Crippen LogP contribution in [0.3, 0.4) is 0 Å². The van der Waals surface area contributed by atoms with Crippen molar-refractivity contribution in [3.63, 3.8) is 0 Å². The number of likely N-dealkylation sites (N-methyl/N-ethyl adjacent to an activating group) is 1. The summed E-state index contributed by atoms with van der Waals surface area (Å²) >= 11 is 0. The van der Waals surface area contributed by atoms with E-state index in [9.17, 15) is 13.2 Å². The van der Waals surface area contributed by atoms with Gasteiger partial charge in [-0.3, -0.25) is 4.79 Å². The first-order valence-corrected chi connectivity index (χ1v) is 9.66. The van der Waals surface area contributed by atoms with Crippen LogP contribution in [0.1, 0.15) is 12.0 Å². The van der Waals surface area contributed by atoms with E-state index in [1.165, 1.54) is 0 Å². The van der Waals surface area contributed by atoms with Gasteiger partial charge in [0.1, 0.15) is 5.75 Å². The van der Waals surface area contributed by atoms with E-state index in [-0.39, 0.29) is 24.6 Å². The van der Waals surface area contributed by atoms with E-state index in [1.54, 1.807) is 42.3 Å². The second-order valence-corrected chi connectivity index (χ2v) is 7.71. The average molecular weight is 360 g/mol. The Morgan fingerprint density at radius 2 is 1.76 bits per heavy atom. The molecule has 1 aliphatic rings. The molecule has 0 saturated carbocycles. The summed E-state index contributed by atoms with van der Waals surface area (Å²) < 4.78 is 32.5. The molecule has 25 heavy (non-hydrogen) atoms. The second kappa shape index (κ2) is 7.25. The number of hydrogen-bond acceptors (Lipinski definition) is 4. The predicted molar refractivity (Wildman–Crippen MR) is 96.0 cm³/mol. The third-order valence-corrected chi connectivity index (χ3v) is 5.39. The number of hydrogen-bond donors (Lipinski definition) is 1. The van der Waals surface area contributed by atoms with Crippen LogP contribution in [0.25, 0.3) is 0 Å². The number of nitrogens with zero attached hydrogens (tertiary/aromatic N) is 1. The van der Waals surface area contributed by atoms with Crippen molar-refractivity contribution in [2.24, 2.45) is 0 Å². The summed E-state index contributed by atoms with van der Waals surface area (Å²) in [5.74, 6) is 0.360. The van der Waals surface area contributed by atoms with Crippen molar-refractivity contribution in [1.82, 2.24) is 4.72 Å². The number of ether oxygens (including phenoxy) is 1.